The summed E-state index contributed by atoms with van der Waals surface area (Å²) in [5, 5.41) is 10.3. The zero-order valence-electron chi connectivity index (χ0n) is 8.86. The fourth-order valence-electron chi connectivity index (χ4n) is 1.16. The number of carboxylic acid groups (broad SMARTS) is 1. The van der Waals surface area contributed by atoms with Gasteiger partial charge in [-0.25, -0.2) is 4.79 Å². The van der Waals surface area contributed by atoms with Crippen molar-refractivity contribution in [3.8, 4) is 0 Å². The first kappa shape index (κ1) is 14.0. The van der Waals surface area contributed by atoms with Gasteiger partial charge in [0.25, 0.3) is 5.91 Å². The fraction of sp³-hybridized carbons (Fsp3) is 0.200. The topological polar surface area (TPSA) is 92.4 Å². The zero-order chi connectivity index (χ0) is 13.9. The Morgan fingerprint density at radius 3 is 2.33 bits per heavy atom. The third kappa shape index (κ3) is 3.20. The average Bonchev–Trinajstić information content (AvgIpc) is 2.27. The van der Waals surface area contributed by atoms with Crippen molar-refractivity contribution in [2.75, 3.05) is 5.32 Å². The first-order valence-corrected chi connectivity index (χ1v) is 4.69. The number of hydrogen-bond donors (Lipinski definition) is 3. The summed E-state index contributed by atoms with van der Waals surface area (Å²) in [6.45, 7) is 0. The van der Waals surface area contributed by atoms with E-state index in [1.165, 1.54) is 6.07 Å². The molecular weight excluding hydrogens is 253 g/mol. The van der Waals surface area contributed by atoms with Crippen molar-refractivity contribution < 1.29 is 27.9 Å². The van der Waals surface area contributed by atoms with Crippen LogP contribution in [0.25, 0.3) is 0 Å². The first-order valence-electron chi connectivity index (χ1n) is 4.69. The van der Waals surface area contributed by atoms with Crippen LogP contribution in [0.15, 0.2) is 24.3 Å². The molecule has 1 amide bonds. The van der Waals surface area contributed by atoms with Gasteiger partial charge in [0, 0.05) is 0 Å². The normalized spacial score (nSPS) is 12.9. The van der Waals surface area contributed by atoms with E-state index in [1.807, 2.05) is 5.32 Å². The van der Waals surface area contributed by atoms with Gasteiger partial charge in [-0.2, -0.15) is 13.2 Å². The molecule has 18 heavy (non-hydrogen) atoms. The number of hydrogen-bond acceptors (Lipinski definition) is 3. The number of anilines is 1. The second kappa shape index (κ2) is 5.05. The first-order chi connectivity index (χ1) is 8.23. The molecule has 0 saturated carbocycles. The van der Waals surface area contributed by atoms with Gasteiger partial charge >= 0.3 is 12.1 Å². The number of nitrogens with two attached hydrogens (primary N) is 1. The Labute approximate surface area is 99.4 Å². The Balaban J connectivity index is 2.99. The highest BCUT2D eigenvalue weighted by atomic mass is 19.4. The number of aliphatic carboxylic acids is 1. The number of alkyl halides is 3. The number of amides is 1. The van der Waals surface area contributed by atoms with Crippen LogP contribution in [0, 0.1) is 0 Å². The molecule has 0 spiro atoms. The van der Waals surface area contributed by atoms with E-state index in [4.69, 9.17) is 10.8 Å². The van der Waals surface area contributed by atoms with Crippen LogP contribution in [0.5, 0.6) is 0 Å². The summed E-state index contributed by atoms with van der Waals surface area (Å²) in [6, 6.07) is 2.27. The SMILES string of the molecule is NC(C(=O)O)C(=O)Nc1ccccc1C(F)(F)F. The largest absolute Gasteiger partial charge is 0.480 e. The number of nitrogens with one attached hydrogen (secondary N) is 1. The number of halogens is 3. The maximum atomic E-state index is 12.6. The number of rotatable bonds is 3. The molecule has 8 heteroatoms. The molecule has 5 nitrogen and oxygen atoms in total. The van der Waals surface area contributed by atoms with Crippen molar-refractivity contribution in [1.29, 1.82) is 0 Å². The van der Waals surface area contributed by atoms with Crippen LogP contribution in [0.3, 0.4) is 0 Å². The second-order valence-corrected chi connectivity index (χ2v) is 3.35. The molecule has 1 unspecified atom stereocenters. The molecular formula is C10H9F3N2O3. The van der Waals surface area contributed by atoms with Gasteiger partial charge in [0.05, 0.1) is 11.3 Å². The van der Waals surface area contributed by atoms with Crippen LogP contribution in [-0.2, 0) is 15.8 Å². The number of benzene rings is 1. The third-order valence-electron chi connectivity index (χ3n) is 2.04. The molecule has 0 saturated heterocycles. The van der Waals surface area contributed by atoms with E-state index < -0.39 is 35.3 Å². The minimum Gasteiger partial charge on any atom is -0.480 e. The van der Waals surface area contributed by atoms with E-state index in [0.29, 0.717) is 0 Å². The lowest BCUT2D eigenvalue weighted by molar-refractivity contribution is -0.141. The predicted octanol–water partition coefficient (Wildman–Crippen LogP) is 1.06. The molecule has 0 bridgehead atoms. The highest BCUT2D eigenvalue weighted by molar-refractivity contribution is 6.07. The summed E-state index contributed by atoms with van der Waals surface area (Å²) >= 11 is 0. The Hall–Kier alpha value is -2.09. The lowest BCUT2D eigenvalue weighted by Gasteiger charge is -2.14. The Bertz CT molecular complexity index is 474. The maximum Gasteiger partial charge on any atom is 0.418 e. The van der Waals surface area contributed by atoms with Gasteiger partial charge in [-0.3, -0.25) is 4.79 Å². The van der Waals surface area contributed by atoms with Crippen LogP contribution in [-0.4, -0.2) is 23.0 Å². The van der Waals surface area contributed by atoms with Crippen molar-refractivity contribution in [3.05, 3.63) is 29.8 Å². The summed E-state index contributed by atoms with van der Waals surface area (Å²) in [5.41, 5.74) is 3.37. The molecule has 0 aliphatic rings. The molecule has 98 valence electrons. The summed E-state index contributed by atoms with van der Waals surface area (Å²) in [5.74, 6) is -2.85. The highest BCUT2D eigenvalue weighted by Gasteiger charge is 2.34. The van der Waals surface area contributed by atoms with Gasteiger partial charge in [0.2, 0.25) is 0 Å². The van der Waals surface area contributed by atoms with Gasteiger partial charge in [-0.1, -0.05) is 12.1 Å². The van der Waals surface area contributed by atoms with Crippen molar-refractivity contribution in [3.63, 3.8) is 0 Å². The Morgan fingerprint density at radius 2 is 1.83 bits per heavy atom. The number of carbonyl (C=O) groups is 2. The molecule has 1 rings (SSSR count). The van der Waals surface area contributed by atoms with Gasteiger partial charge in [0.15, 0.2) is 6.04 Å². The average molecular weight is 262 g/mol. The second-order valence-electron chi connectivity index (χ2n) is 3.35. The van der Waals surface area contributed by atoms with E-state index in [9.17, 15) is 22.8 Å². The van der Waals surface area contributed by atoms with Crippen molar-refractivity contribution in [2.24, 2.45) is 5.73 Å². The van der Waals surface area contributed by atoms with Gasteiger partial charge in [0.1, 0.15) is 0 Å². The van der Waals surface area contributed by atoms with E-state index in [0.717, 1.165) is 18.2 Å². The van der Waals surface area contributed by atoms with E-state index in [-0.39, 0.29) is 0 Å². The standard InChI is InChI=1S/C10H9F3N2O3/c11-10(12,13)5-3-1-2-4-6(5)15-8(16)7(14)9(17)18/h1-4,7H,14H2,(H,15,16)(H,17,18). The Kier molecular flexibility index (Phi) is 3.92. The van der Waals surface area contributed by atoms with E-state index in [1.54, 1.807) is 0 Å². The van der Waals surface area contributed by atoms with Crippen LogP contribution in [0.2, 0.25) is 0 Å². The molecule has 1 aromatic rings. The molecule has 0 aliphatic heterocycles. The number of para-hydroxylation sites is 1. The van der Waals surface area contributed by atoms with Crippen LogP contribution in [0.1, 0.15) is 5.56 Å². The molecule has 0 radical (unpaired) electrons. The monoisotopic (exact) mass is 262 g/mol. The van der Waals surface area contributed by atoms with Crippen molar-refractivity contribution in [2.45, 2.75) is 12.2 Å². The molecule has 0 fully saturated rings. The van der Waals surface area contributed by atoms with E-state index in [2.05, 4.69) is 0 Å². The number of carbonyl (C=O) groups excluding carboxylic acids is 1. The summed E-state index contributed by atoms with van der Waals surface area (Å²) < 4.78 is 37.7. The molecule has 4 N–H and O–H groups in total. The lowest BCUT2D eigenvalue weighted by atomic mass is 10.1. The quantitative estimate of drug-likeness (QED) is 0.710. The van der Waals surface area contributed by atoms with Gasteiger partial charge in [-0.05, 0) is 12.1 Å². The molecule has 1 aromatic carbocycles. The third-order valence-corrected chi connectivity index (χ3v) is 2.04. The van der Waals surface area contributed by atoms with Crippen LogP contribution >= 0.6 is 0 Å². The molecule has 0 aromatic heterocycles. The molecule has 1 atom stereocenters. The lowest BCUT2D eigenvalue weighted by Crippen LogP contribution is -2.42. The molecule has 0 aliphatic carbocycles. The smallest absolute Gasteiger partial charge is 0.418 e. The minimum atomic E-state index is -4.66. The Morgan fingerprint density at radius 1 is 1.28 bits per heavy atom. The van der Waals surface area contributed by atoms with E-state index >= 15 is 0 Å². The van der Waals surface area contributed by atoms with Crippen molar-refractivity contribution >= 4 is 17.6 Å². The zero-order valence-corrected chi connectivity index (χ0v) is 8.86. The number of carboxylic acids is 1. The summed E-state index contributed by atoms with van der Waals surface area (Å²) in [6.07, 6.45) is -4.66. The highest BCUT2D eigenvalue weighted by Crippen LogP contribution is 2.34. The van der Waals surface area contributed by atoms with Crippen LogP contribution in [0.4, 0.5) is 18.9 Å². The van der Waals surface area contributed by atoms with Gasteiger partial charge < -0.3 is 16.2 Å². The predicted molar refractivity (Wildman–Crippen MR) is 55.7 cm³/mol. The van der Waals surface area contributed by atoms with Crippen LogP contribution < -0.4 is 11.1 Å². The fourth-order valence-corrected chi connectivity index (χ4v) is 1.16. The summed E-state index contributed by atoms with van der Waals surface area (Å²) in [4.78, 5) is 21.7. The van der Waals surface area contributed by atoms with Gasteiger partial charge in [-0.15, -0.1) is 0 Å². The minimum absolute atomic E-state index is 0.535. The summed E-state index contributed by atoms with van der Waals surface area (Å²) in [7, 11) is 0. The van der Waals surface area contributed by atoms with Crippen molar-refractivity contribution in [1.82, 2.24) is 0 Å². The maximum absolute atomic E-state index is 12.6. The molecule has 0 heterocycles.